The molecule has 0 spiro atoms. The number of hydrogen-bond acceptors (Lipinski definition) is 5. The Bertz CT molecular complexity index is 785. The lowest BCUT2D eigenvalue weighted by Gasteiger charge is -1.98. The Labute approximate surface area is 112 Å². The second-order valence-electron chi connectivity index (χ2n) is 4.02. The van der Waals surface area contributed by atoms with Crippen LogP contribution in [0, 0.1) is 0 Å². The van der Waals surface area contributed by atoms with Gasteiger partial charge in [0, 0.05) is 11.1 Å². The summed E-state index contributed by atoms with van der Waals surface area (Å²) in [5, 5.41) is 13.1. The molecule has 19 heavy (non-hydrogen) atoms. The number of benzene rings is 1. The van der Waals surface area contributed by atoms with E-state index < -0.39 is 0 Å². The molecule has 0 fully saturated rings. The summed E-state index contributed by atoms with van der Waals surface area (Å²) in [6, 6.07) is 11.9. The van der Waals surface area contributed by atoms with Gasteiger partial charge in [-0.3, -0.25) is 0 Å². The molecule has 5 nitrogen and oxygen atoms in total. The van der Waals surface area contributed by atoms with Crippen LogP contribution in [-0.4, -0.2) is 19.8 Å². The first kappa shape index (κ1) is 10.5. The first-order valence-corrected chi connectivity index (χ1v) is 6.53. The van der Waals surface area contributed by atoms with E-state index in [1.54, 1.807) is 17.1 Å². The van der Waals surface area contributed by atoms with Gasteiger partial charge in [-0.25, -0.2) is 0 Å². The third-order valence-corrected chi connectivity index (χ3v) is 3.79. The molecule has 0 bridgehead atoms. The van der Waals surface area contributed by atoms with Crippen molar-refractivity contribution in [1.29, 1.82) is 0 Å². The number of hydrogen-bond donors (Lipinski definition) is 0. The summed E-state index contributed by atoms with van der Waals surface area (Å²) in [5.74, 6) is 0.865. The minimum absolute atomic E-state index is 0.796. The molecule has 0 amide bonds. The van der Waals surface area contributed by atoms with E-state index in [1.807, 2.05) is 36.4 Å². The van der Waals surface area contributed by atoms with Gasteiger partial charge in [0.1, 0.15) is 17.1 Å². The van der Waals surface area contributed by atoms with Crippen LogP contribution in [0.5, 0.6) is 0 Å². The second kappa shape index (κ2) is 4.03. The molecule has 0 aliphatic heterocycles. The molecule has 0 saturated heterocycles. The molecular weight excluding hydrogens is 260 g/mol. The quantitative estimate of drug-likeness (QED) is 0.560. The van der Waals surface area contributed by atoms with Gasteiger partial charge in [-0.05, 0) is 12.1 Å². The molecular formula is C13H8N4OS. The van der Waals surface area contributed by atoms with Crippen molar-refractivity contribution in [2.24, 2.45) is 0 Å². The summed E-state index contributed by atoms with van der Waals surface area (Å²) < 4.78 is 7.05. The molecule has 4 rings (SSSR count). The fraction of sp³-hybridized carbons (Fsp3) is 0. The molecule has 0 radical (unpaired) electrons. The highest BCUT2D eigenvalue weighted by Gasteiger charge is 2.08. The molecule has 92 valence electrons. The van der Waals surface area contributed by atoms with Crippen LogP contribution in [0.2, 0.25) is 0 Å². The second-order valence-corrected chi connectivity index (χ2v) is 4.98. The highest BCUT2D eigenvalue weighted by atomic mass is 32.1. The van der Waals surface area contributed by atoms with Gasteiger partial charge in [-0.15, -0.1) is 10.2 Å². The van der Waals surface area contributed by atoms with Crippen LogP contribution in [0.25, 0.3) is 26.9 Å². The van der Waals surface area contributed by atoms with Crippen molar-refractivity contribution in [2.45, 2.75) is 0 Å². The van der Waals surface area contributed by atoms with Crippen LogP contribution in [0.4, 0.5) is 0 Å². The number of furan rings is 1. The maximum atomic E-state index is 5.37. The molecule has 6 heteroatoms. The SMILES string of the molecule is c1coc(-c2ccc(-c3nn4cnnc4s3)cc2)c1. The average Bonchev–Trinajstić information content (AvgIpc) is 3.15. The number of nitrogens with zero attached hydrogens (tertiary/aromatic N) is 4. The van der Waals surface area contributed by atoms with Crippen LogP contribution in [-0.2, 0) is 0 Å². The minimum Gasteiger partial charge on any atom is -0.464 e. The average molecular weight is 268 g/mol. The van der Waals surface area contributed by atoms with Crippen LogP contribution in [0.1, 0.15) is 0 Å². The summed E-state index contributed by atoms with van der Waals surface area (Å²) in [6.45, 7) is 0. The molecule has 0 unspecified atom stereocenters. The Kier molecular flexibility index (Phi) is 2.22. The summed E-state index contributed by atoms with van der Waals surface area (Å²) in [7, 11) is 0. The molecule has 0 atom stereocenters. The standard InChI is InChI=1S/C13H8N4OS/c1-2-11(18-7-1)9-3-5-10(6-4-9)12-16-17-8-14-15-13(17)19-12/h1-8H. The van der Waals surface area contributed by atoms with Gasteiger partial charge >= 0.3 is 0 Å². The lowest BCUT2D eigenvalue weighted by atomic mass is 10.1. The summed E-state index contributed by atoms with van der Waals surface area (Å²) in [6.07, 6.45) is 3.28. The molecule has 0 aliphatic rings. The maximum absolute atomic E-state index is 5.37. The van der Waals surface area contributed by atoms with E-state index in [4.69, 9.17) is 4.42 Å². The molecule has 4 aromatic rings. The smallest absolute Gasteiger partial charge is 0.234 e. The summed E-state index contributed by atoms with van der Waals surface area (Å²) >= 11 is 1.52. The molecule has 0 N–H and O–H groups in total. The third kappa shape index (κ3) is 1.73. The van der Waals surface area contributed by atoms with E-state index >= 15 is 0 Å². The lowest BCUT2D eigenvalue weighted by molar-refractivity contribution is 0.582. The predicted octanol–water partition coefficient (Wildman–Crippen LogP) is 3.11. The van der Waals surface area contributed by atoms with Gasteiger partial charge in [0.05, 0.1) is 6.26 Å². The molecule has 0 aliphatic carbocycles. The highest BCUT2D eigenvalue weighted by molar-refractivity contribution is 7.19. The van der Waals surface area contributed by atoms with Gasteiger partial charge in [-0.1, -0.05) is 35.6 Å². The monoisotopic (exact) mass is 268 g/mol. The van der Waals surface area contributed by atoms with Crippen LogP contribution >= 0.6 is 11.3 Å². The predicted molar refractivity (Wildman–Crippen MR) is 71.8 cm³/mol. The van der Waals surface area contributed by atoms with Gasteiger partial charge in [-0.2, -0.15) is 9.61 Å². The first-order chi connectivity index (χ1) is 9.40. The van der Waals surface area contributed by atoms with Crippen molar-refractivity contribution in [3.8, 4) is 21.9 Å². The maximum Gasteiger partial charge on any atom is 0.234 e. The Morgan fingerprint density at radius 2 is 1.89 bits per heavy atom. The summed E-state index contributed by atoms with van der Waals surface area (Å²) in [5.41, 5.74) is 2.11. The summed E-state index contributed by atoms with van der Waals surface area (Å²) in [4.78, 5) is 0.796. The number of aromatic nitrogens is 4. The normalized spacial score (nSPS) is 11.2. The van der Waals surface area contributed by atoms with Crippen molar-refractivity contribution in [3.05, 3.63) is 49.0 Å². The van der Waals surface area contributed by atoms with Crippen molar-refractivity contribution in [2.75, 3.05) is 0 Å². The van der Waals surface area contributed by atoms with E-state index in [0.717, 1.165) is 26.9 Å². The molecule has 0 saturated carbocycles. The fourth-order valence-electron chi connectivity index (χ4n) is 1.90. The van der Waals surface area contributed by atoms with E-state index in [9.17, 15) is 0 Å². The fourth-order valence-corrected chi connectivity index (χ4v) is 2.72. The van der Waals surface area contributed by atoms with Gasteiger partial charge in [0.15, 0.2) is 0 Å². The van der Waals surface area contributed by atoms with Crippen LogP contribution in [0.3, 0.4) is 0 Å². The largest absolute Gasteiger partial charge is 0.464 e. The number of fused-ring (bicyclic) bond motifs is 1. The van der Waals surface area contributed by atoms with E-state index in [0.29, 0.717) is 0 Å². The lowest BCUT2D eigenvalue weighted by Crippen LogP contribution is -1.82. The Hall–Kier alpha value is -2.47. The van der Waals surface area contributed by atoms with Crippen LogP contribution in [0.15, 0.2) is 53.4 Å². The molecule has 1 aromatic carbocycles. The zero-order chi connectivity index (χ0) is 12.7. The van der Waals surface area contributed by atoms with Gasteiger partial charge in [0.2, 0.25) is 4.96 Å². The molecule has 3 heterocycles. The first-order valence-electron chi connectivity index (χ1n) is 5.71. The van der Waals surface area contributed by atoms with E-state index in [-0.39, 0.29) is 0 Å². The zero-order valence-electron chi connectivity index (χ0n) is 9.72. The van der Waals surface area contributed by atoms with Gasteiger partial charge < -0.3 is 4.42 Å². The zero-order valence-corrected chi connectivity index (χ0v) is 10.5. The van der Waals surface area contributed by atoms with Crippen molar-refractivity contribution in [3.63, 3.8) is 0 Å². The Balaban J connectivity index is 1.74. The highest BCUT2D eigenvalue weighted by Crippen LogP contribution is 2.27. The Morgan fingerprint density at radius 1 is 1.05 bits per heavy atom. The van der Waals surface area contributed by atoms with E-state index in [1.165, 1.54) is 11.3 Å². The minimum atomic E-state index is 0.796. The third-order valence-electron chi connectivity index (χ3n) is 2.82. The van der Waals surface area contributed by atoms with Crippen molar-refractivity contribution in [1.82, 2.24) is 19.8 Å². The number of rotatable bonds is 2. The van der Waals surface area contributed by atoms with E-state index in [2.05, 4.69) is 15.3 Å². The molecule has 3 aromatic heterocycles. The van der Waals surface area contributed by atoms with Crippen LogP contribution < -0.4 is 0 Å². The topological polar surface area (TPSA) is 56.2 Å². The Morgan fingerprint density at radius 3 is 2.63 bits per heavy atom. The van der Waals surface area contributed by atoms with Crippen molar-refractivity contribution >= 4 is 16.3 Å². The van der Waals surface area contributed by atoms with Crippen molar-refractivity contribution < 1.29 is 4.42 Å². The van der Waals surface area contributed by atoms with Gasteiger partial charge in [0.25, 0.3) is 0 Å².